The van der Waals surface area contributed by atoms with E-state index in [1.54, 1.807) is 0 Å². The highest BCUT2D eigenvalue weighted by Gasteiger charge is 2.13. The van der Waals surface area contributed by atoms with E-state index >= 15 is 0 Å². The van der Waals surface area contributed by atoms with Gasteiger partial charge in [-0.3, -0.25) is 4.79 Å². The van der Waals surface area contributed by atoms with E-state index in [1.807, 2.05) is 11.2 Å². The Morgan fingerprint density at radius 2 is 1.73 bits per heavy atom. The molecule has 1 saturated heterocycles. The molecule has 1 amide bonds. The summed E-state index contributed by atoms with van der Waals surface area (Å²) in [6.45, 7) is 1.94. The highest BCUT2D eigenvalue weighted by atomic mass is 32.2. The molecule has 0 atom stereocenters. The maximum atomic E-state index is 11.2. The monoisotopic (exact) mass is 173 g/mol. The number of rotatable bonds is 0. The number of thioether (sulfide) groups is 1. The molecule has 3 heteroatoms. The van der Waals surface area contributed by atoms with Gasteiger partial charge in [0, 0.05) is 13.1 Å². The first-order chi connectivity index (χ1) is 5.34. The predicted octanol–water partition coefficient (Wildman–Crippen LogP) is 2.35. The quantitative estimate of drug-likeness (QED) is 0.560. The third-order valence-electron chi connectivity index (χ3n) is 2.04. The second-order valence-corrected chi connectivity index (χ2v) is 3.63. The van der Waals surface area contributed by atoms with Gasteiger partial charge in [0.1, 0.15) is 0 Å². The average Bonchev–Trinajstić information content (AvgIpc) is 2.30. The van der Waals surface area contributed by atoms with Gasteiger partial charge in [-0.15, -0.1) is 0 Å². The molecular formula is C8H15NOS. The smallest absolute Gasteiger partial charge is 0.281 e. The molecular weight excluding hydrogens is 158 g/mol. The van der Waals surface area contributed by atoms with Gasteiger partial charge in [0.15, 0.2) is 0 Å². The molecule has 0 aliphatic carbocycles. The summed E-state index contributed by atoms with van der Waals surface area (Å²) in [6.07, 6.45) is 6.81. The van der Waals surface area contributed by atoms with Crippen LogP contribution in [0.4, 0.5) is 4.79 Å². The normalized spacial score (nSPS) is 19.5. The summed E-state index contributed by atoms with van der Waals surface area (Å²) in [7, 11) is 0. The van der Waals surface area contributed by atoms with Crippen LogP contribution in [0.5, 0.6) is 0 Å². The van der Waals surface area contributed by atoms with E-state index in [4.69, 9.17) is 0 Å². The Morgan fingerprint density at radius 3 is 2.18 bits per heavy atom. The average molecular weight is 173 g/mol. The van der Waals surface area contributed by atoms with E-state index in [0.29, 0.717) is 0 Å². The summed E-state index contributed by atoms with van der Waals surface area (Å²) in [6, 6.07) is 0. The second-order valence-electron chi connectivity index (χ2n) is 2.87. The molecule has 0 aromatic carbocycles. The van der Waals surface area contributed by atoms with Gasteiger partial charge >= 0.3 is 0 Å². The summed E-state index contributed by atoms with van der Waals surface area (Å²) in [5.41, 5.74) is 0. The van der Waals surface area contributed by atoms with Crippen molar-refractivity contribution in [2.24, 2.45) is 0 Å². The van der Waals surface area contributed by atoms with Gasteiger partial charge < -0.3 is 4.90 Å². The number of carbonyl (C=O) groups excluding carboxylic acids is 1. The van der Waals surface area contributed by atoms with Gasteiger partial charge in [0.25, 0.3) is 5.24 Å². The summed E-state index contributed by atoms with van der Waals surface area (Å²) in [4.78, 5) is 13.2. The zero-order valence-corrected chi connectivity index (χ0v) is 7.82. The molecule has 0 saturated carbocycles. The molecule has 1 aliphatic rings. The Hall–Kier alpha value is -0.180. The lowest BCUT2D eigenvalue weighted by atomic mass is 10.2. The molecule has 0 aromatic heterocycles. The van der Waals surface area contributed by atoms with Crippen LogP contribution in [0, 0.1) is 0 Å². The van der Waals surface area contributed by atoms with E-state index in [0.717, 1.165) is 13.1 Å². The summed E-state index contributed by atoms with van der Waals surface area (Å²) >= 11 is 1.33. The minimum absolute atomic E-state index is 0.243. The van der Waals surface area contributed by atoms with Gasteiger partial charge in [-0.1, -0.05) is 24.6 Å². The van der Waals surface area contributed by atoms with Crippen molar-refractivity contribution in [3.63, 3.8) is 0 Å². The van der Waals surface area contributed by atoms with Crippen LogP contribution in [-0.2, 0) is 0 Å². The van der Waals surface area contributed by atoms with Gasteiger partial charge in [-0.2, -0.15) is 0 Å². The number of hydrogen-bond donors (Lipinski definition) is 0. The van der Waals surface area contributed by atoms with E-state index < -0.39 is 0 Å². The molecule has 0 N–H and O–H groups in total. The van der Waals surface area contributed by atoms with E-state index in [-0.39, 0.29) is 5.24 Å². The fraction of sp³-hybridized carbons (Fsp3) is 0.875. The van der Waals surface area contributed by atoms with Crippen LogP contribution in [0.15, 0.2) is 0 Å². The highest BCUT2D eigenvalue weighted by molar-refractivity contribution is 8.12. The molecule has 0 unspecified atom stereocenters. The first-order valence-corrected chi connectivity index (χ1v) is 5.40. The zero-order valence-electron chi connectivity index (χ0n) is 7.01. The summed E-state index contributed by atoms with van der Waals surface area (Å²) < 4.78 is 0. The first-order valence-electron chi connectivity index (χ1n) is 4.17. The number of likely N-dealkylation sites (tertiary alicyclic amines) is 1. The van der Waals surface area contributed by atoms with Crippen LogP contribution >= 0.6 is 11.8 Å². The molecule has 0 spiro atoms. The molecule has 11 heavy (non-hydrogen) atoms. The second kappa shape index (κ2) is 4.65. The molecule has 0 bridgehead atoms. The van der Waals surface area contributed by atoms with Crippen LogP contribution in [0.1, 0.15) is 25.7 Å². The van der Waals surface area contributed by atoms with Crippen LogP contribution in [-0.4, -0.2) is 29.5 Å². The van der Waals surface area contributed by atoms with Crippen LogP contribution in [0.3, 0.4) is 0 Å². The van der Waals surface area contributed by atoms with Crippen molar-refractivity contribution in [1.29, 1.82) is 0 Å². The third-order valence-corrected chi connectivity index (χ3v) is 2.65. The van der Waals surface area contributed by atoms with Gasteiger partial charge in [0.2, 0.25) is 0 Å². The van der Waals surface area contributed by atoms with Crippen molar-refractivity contribution in [3.8, 4) is 0 Å². The van der Waals surface area contributed by atoms with Crippen molar-refractivity contribution in [2.45, 2.75) is 25.7 Å². The molecule has 1 heterocycles. The van der Waals surface area contributed by atoms with Crippen LogP contribution in [0.25, 0.3) is 0 Å². The standard InChI is InChI=1S/C8H15NOS/c1-11-8(10)9-6-4-2-3-5-7-9/h2-7H2,1H3. The number of hydrogen-bond acceptors (Lipinski definition) is 2. The fourth-order valence-corrected chi connectivity index (χ4v) is 1.82. The van der Waals surface area contributed by atoms with Crippen LogP contribution < -0.4 is 0 Å². The maximum Gasteiger partial charge on any atom is 0.281 e. The van der Waals surface area contributed by atoms with Gasteiger partial charge in [-0.25, -0.2) is 0 Å². The van der Waals surface area contributed by atoms with Crippen molar-refractivity contribution < 1.29 is 4.79 Å². The molecule has 1 fully saturated rings. The largest absolute Gasteiger partial charge is 0.334 e. The Bertz CT molecular complexity index is 130. The van der Waals surface area contributed by atoms with E-state index in [2.05, 4.69) is 0 Å². The lowest BCUT2D eigenvalue weighted by Gasteiger charge is -2.18. The van der Waals surface area contributed by atoms with E-state index in [1.165, 1.54) is 37.4 Å². The first kappa shape index (κ1) is 8.91. The molecule has 64 valence electrons. The fourth-order valence-electron chi connectivity index (χ4n) is 1.38. The Balaban J connectivity index is 2.36. The topological polar surface area (TPSA) is 20.3 Å². The molecule has 1 rings (SSSR count). The highest BCUT2D eigenvalue weighted by Crippen LogP contribution is 2.13. The molecule has 0 radical (unpaired) electrons. The minimum atomic E-state index is 0.243. The third kappa shape index (κ3) is 2.73. The Kier molecular flexibility index (Phi) is 3.77. The predicted molar refractivity (Wildman–Crippen MR) is 49.0 cm³/mol. The Morgan fingerprint density at radius 1 is 1.18 bits per heavy atom. The van der Waals surface area contributed by atoms with Crippen molar-refractivity contribution >= 4 is 17.0 Å². The number of nitrogens with zero attached hydrogens (tertiary/aromatic N) is 1. The van der Waals surface area contributed by atoms with Crippen LogP contribution in [0.2, 0.25) is 0 Å². The number of carbonyl (C=O) groups is 1. The van der Waals surface area contributed by atoms with Gasteiger partial charge in [0.05, 0.1) is 0 Å². The minimum Gasteiger partial charge on any atom is -0.334 e. The number of amides is 1. The van der Waals surface area contributed by atoms with Crippen molar-refractivity contribution in [1.82, 2.24) is 4.90 Å². The summed E-state index contributed by atoms with van der Waals surface area (Å²) in [5, 5.41) is 0.243. The zero-order chi connectivity index (χ0) is 8.10. The van der Waals surface area contributed by atoms with Gasteiger partial charge in [-0.05, 0) is 19.1 Å². The SMILES string of the molecule is CSC(=O)N1CCCCCC1. The van der Waals surface area contributed by atoms with Crippen molar-refractivity contribution in [2.75, 3.05) is 19.3 Å². The van der Waals surface area contributed by atoms with Crippen molar-refractivity contribution in [3.05, 3.63) is 0 Å². The lowest BCUT2D eigenvalue weighted by Crippen LogP contribution is -2.28. The molecule has 2 nitrogen and oxygen atoms in total. The van der Waals surface area contributed by atoms with E-state index in [9.17, 15) is 4.79 Å². The molecule has 0 aromatic rings. The maximum absolute atomic E-state index is 11.2. The lowest BCUT2D eigenvalue weighted by molar-refractivity contribution is 0.225. The summed E-state index contributed by atoms with van der Waals surface area (Å²) in [5.74, 6) is 0. The molecule has 1 aliphatic heterocycles. The Labute approximate surface area is 72.3 Å².